The first-order valence-corrected chi connectivity index (χ1v) is 16.6. The Bertz CT molecular complexity index is 1130. The number of hydrogen-bond acceptors (Lipinski definition) is 5. The fourth-order valence-corrected chi connectivity index (χ4v) is 7.18. The minimum absolute atomic E-state index is 0.0175. The molecule has 6 heteroatoms. The van der Waals surface area contributed by atoms with Gasteiger partial charge in [-0.2, -0.15) is 0 Å². The molecule has 4 rings (SSSR count). The lowest BCUT2D eigenvalue weighted by molar-refractivity contribution is -0.104. The van der Waals surface area contributed by atoms with E-state index < -0.39 is 0 Å². The molecule has 0 saturated carbocycles. The number of rotatable bonds is 16. The van der Waals surface area contributed by atoms with E-state index in [1.807, 2.05) is 36.0 Å². The van der Waals surface area contributed by atoms with E-state index in [4.69, 9.17) is 30.2 Å². The van der Waals surface area contributed by atoms with Gasteiger partial charge in [0.15, 0.2) is 0 Å². The van der Waals surface area contributed by atoms with Gasteiger partial charge in [0.25, 0.3) is 0 Å². The van der Waals surface area contributed by atoms with Crippen LogP contribution >= 0.6 is 23.4 Å². The standard InChI is InChI=1S/C34H47ClO4S/c1-5-8-17-36-23-31-24(4)32(37-18-9-6-2)33(38-19-10-7-3)34(40-31)26-15-16-29(35)27(20-26)22-28-21-25-13-11-12-14-30(25)39-28/h11-16,20-21,24,31-34H,5-10,17-19,22-23H2,1-4H3/t24-,31-,32+,33-,34+/m1/s1. The van der Waals surface area contributed by atoms with E-state index in [0.29, 0.717) is 17.6 Å². The van der Waals surface area contributed by atoms with Crippen molar-refractivity contribution in [1.82, 2.24) is 0 Å². The molecule has 0 aliphatic carbocycles. The van der Waals surface area contributed by atoms with Gasteiger partial charge >= 0.3 is 0 Å². The van der Waals surface area contributed by atoms with Crippen LogP contribution in [0.25, 0.3) is 11.0 Å². The first kappa shape index (κ1) is 31.4. The summed E-state index contributed by atoms with van der Waals surface area (Å²) in [6.07, 6.45) is 7.20. The van der Waals surface area contributed by atoms with Crippen LogP contribution in [-0.2, 0) is 20.6 Å². The Labute approximate surface area is 250 Å². The Morgan fingerprint density at radius 1 is 0.850 bits per heavy atom. The lowest BCUT2D eigenvalue weighted by atomic mass is 9.90. The van der Waals surface area contributed by atoms with E-state index in [1.165, 1.54) is 5.56 Å². The molecule has 0 bridgehead atoms. The van der Waals surface area contributed by atoms with Crippen molar-refractivity contribution in [2.75, 3.05) is 26.4 Å². The van der Waals surface area contributed by atoms with Crippen LogP contribution in [0.2, 0.25) is 5.02 Å². The normalized spacial score (nSPS) is 23.2. The first-order chi connectivity index (χ1) is 19.5. The second kappa shape index (κ2) is 16.2. The van der Waals surface area contributed by atoms with Gasteiger partial charge in [0, 0.05) is 41.9 Å². The van der Waals surface area contributed by atoms with E-state index in [-0.39, 0.29) is 17.5 Å². The van der Waals surface area contributed by atoms with Crippen LogP contribution in [0, 0.1) is 5.92 Å². The number of fused-ring (bicyclic) bond motifs is 1. The van der Waals surface area contributed by atoms with Gasteiger partial charge < -0.3 is 18.6 Å². The van der Waals surface area contributed by atoms with Crippen molar-refractivity contribution in [3.63, 3.8) is 0 Å². The Morgan fingerprint density at radius 2 is 1.55 bits per heavy atom. The second-order valence-corrected chi connectivity index (χ2v) is 12.8. The number of halogens is 1. The molecule has 0 unspecified atom stereocenters. The maximum absolute atomic E-state index is 6.76. The molecular formula is C34H47ClO4S. The Kier molecular flexibility index (Phi) is 12.7. The maximum atomic E-state index is 6.76. The molecule has 3 aromatic rings. The maximum Gasteiger partial charge on any atom is 0.134 e. The lowest BCUT2D eigenvalue weighted by Crippen LogP contribution is -2.49. The molecule has 220 valence electrons. The molecule has 2 aromatic carbocycles. The molecule has 0 N–H and O–H groups in total. The summed E-state index contributed by atoms with van der Waals surface area (Å²) in [5.74, 6) is 1.25. The Balaban J connectivity index is 1.62. The van der Waals surface area contributed by atoms with Crippen LogP contribution in [0.1, 0.15) is 88.4 Å². The minimum Gasteiger partial charge on any atom is -0.461 e. The quantitative estimate of drug-likeness (QED) is 0.156. The van der Waals surface area contributed by atoms with Gasteiger partial charge in [-0.1, -0.05) is 88.9 Å². The molecule has 2 heterocycles. The monoisotopic (exact) mass is 586 g/mol. The molecule has 4 nitrogen and oxygen atoms in total. The van der Waals surface area contributed by atoms with Crippen molar-refractivity contribution in [1.29, 1.82) is 0 Å². The molecule has 0 radical (unpaired) electrons. The SMILES string of the molecule is CCCCOC[C@H]1S[C@@H](c2ccc(Cl)c(Cc3cc4ccccc4o3)c2)[C@H](OCCCC)[C@@H](OCCCC)[C@@H]1C. The number of furan rings is 1. The highest BCUT2D eigenvalue weighted by molar-refractivity contribution is 8.00. The van der Waals surface area contributed by atoms with Crippen molar-refractivity contribution in [3.05, 3.63) is 70.4 Å². The largest absolute Gasteiger partial charge is 0.461 e. The molecule has 1 aliphatic rings. The van der Waals surface area contributed by atoms with Gasteiger partial charge in [-0.25, -0.2) is 0 Å². The smallest absolute Gasteiger partial charge is 0.134 e. The van der Waals surface area contributed by atoms with Gasteiger partial charge in [-0.15, -0.1) is 11.8 Å². The summed E-state index contributed by atoms with van der Waals surface area (Å²) in [6.45, 7) is 12.0. The summed E-state index contributed by atoms with van der Waals surface area (Å²) < 4.78 is 25.6. The molecule has 0 amide bonds. The van der Waals surface area contributed by atoms with Crippen LogP contribution in [0.4, 0.5) is 0 Å². The number of unbranched alkanes of at least 4 members (excludes halogenated alkanes) is 3. The second-order valence-electron chi connectivity index (χ2n) is 11.0. The summed E-state index contributed by atoms with van der Waals surface area (Å²) in [6, 6.07) is 16.7. The average Bonchev–Trinajstić information content (AvgIpc) is 3.37. The number of ether oxygens (including phenoxy) is 3. The molecule has 0 spiro atoms. The van der Waals surface area contributed by atoms with Crippen LogP contribution in [-0.4, -0.2) is 43.9 Å². The molecule has 1 aliphatic heterocycles. The van der Waals surface area contributed by atoms with Gasteiger partial charge in [0.05, 0.1) is 24.1 Å². The zero-order valence-electron chi connectivity index (χ0n) is 24.7. The molecular weight excluding hydrogens is 540 g/mol. The zero-order chi connectivity index (χ0) is 28.3. The fraction of sp³-hybridized carbons (Fsp3) is 0.588. The number of hydrogen-bond donors (Lipinski definition) is 0. The van der Waals surface area contributed by atoms with Gasteiger partial charge in [-0.05, 0) is 54.5 Å². The predicted octanol–water partition coefficient (Wildman–Crippen LogP) is 9.66. The summed E-state index contributed by atoms with van der Waals surface area (Å²) in [4.78, 5) is 0. The molecule has 40 heavy (non-hydrogen) atoms. The van der Waals surface area contributed by atoms with Gasteiger partial charge in [-0.3, -0.25) is 0 Å². The van der Waals surface area contributed by atoms with Crippen LogP contribution in [0.5, 0.6) is 0 Å². The molecule has 1 fully saturated rings. The van der Waals surface area contributed by atoms with Gasteiger partial charge in [0.1, 0.15) is 11.3 Å². The molecule has 1 aromatic heterocycles. The van der Waals surface area contributed by atoms with E-state index in [0.717, 1.165) is 92.3 Å². The minimum atomic E-state index is -0.0319. The van der Waals surface area contributed by atoms with E-state index >= 15 is 0 Å². The predicted molar refractivity (Wildman–Crippen MR) is 169 cm³/mol. The summed E-state index contributed by atoms with van der Waals surface area (Å²) in [7, 11) is 0. The van der Waals surface area contributed by atoms with E-state index in [9.17, 15) is 0 Å². The third-order valence-corrected chi connectivity index (χ3v) is 9.95. The highest BCUT2D eigenvalue weighted by Gasteiger charge is 2.45. The Morgan fingerprint density at radius 3 is 2.27 bits per heavy atom. The average molecular weight is 587 g/mol. The third-order valence-electron chi connectivity index (χ3n) is 7.83. The van der Waals surface area contributed by atoms with E-state index in [2.05, 4.69) is 52.0 Å². The molecule has 1 saturated heterocycles. The highest BCUT2D eigenvalue weighted by atomic mass is 35.5. The van der Waals surface area contributed by atoms with Crippen molar-refractivity contribution >= 4 is 34.3 Å². The first-order valence-electron chi connectivity index (χ1n) is 15.3. The van der Waals surface area contributed by atoms with Crippen LogP contribution in [0.15, 0.2) is 52.9 Å². The van der Waals surface area contributed by atoms with E-state index in [1.54, 1.807) is 0 Å². The topological polar surface area (TPSA) is 40.8 Å². The summed E-state index contributed by atoms with van der Waals surface area (Å²) in [5, 5.41) is 2.33. The fourth-order valence-electron chi connectivity index (χ4n) is 5.35. The molecule has 5 atom stereocenters. The number of thioether (sulfide) groups is 1. The van der Waals surface area contributed by atoms with Crippen LogP contribution in [0.3, 0.4) is 0 Å². The summed E-state index contributed by atoms with van der Waals surface area (Å²) >= 11 is 8.75. The van der Waals surface area contributed by atoms with Gasteiger partial charge in [0.2, 0.25) is 0 Å². The number of para-hydroxylation sites is 1. The lowest BCUT2D eigenvalue weighted by Gasteiger charge is -2.45. The third kappa shape index (κ3) is 8.29. The number of benzene rings is 2. The highest BCUT2D eigenvalue weighted by Crippen LogP contribution is 2.48. The summed E-state index contributed by atoms with van der Waals surface area (Å²) in [5.41, 5.74) is 3.21. The Hall–Kier alpha value is -1.50. The van der Waals surface area contributed by atoms with Crippen molar-refractivity contribution in [3.8, 4) is 0 Å². The van der Waals surface area contributed by atoms with Crippen molar-refractivity contribution in [2.24, 2.45) is 5.92 Å². The van der Waals surface area contributed by atoms with Crippen molar-refractivity contribution < 1.29 is 18.6 Å². The zero-order valence-corrected chi connectivity index (χ0v) is 26.3. The van der Waals surface area contributed by atoms with Crippen LogP contribution < -0.4 is 0 Å². The van der Waals surface area contributed by atoms with Crippen molar-refractivity contribution in [2.45, 2.75) is 95.3 Å².